The monoisotopic (exact) mass is 611 g/mol. The molecule has 1 amide bonds. The second kappa shape index (κ2) is 13.3. The van der Waals surface area contributed by atoms with E-state index in [-0.39, 0.29) is 0 Å². The Bertz CT molecular complexity index is 1190. The van der Waals surface area contributed by atoms with E-state index >= 15 is 0 Å². The summed E-state index contributed by atoms with van der Waals surface area (Å²) in [5.74, 6) is 0. The van der Waals surface area contributed by atoms with Gasteiger partial charge in [-0.05, 0) is 83.4 Å². The fourth-order valence-corrected chi connectivity index (χ4v) is 5.63. The second-order valence-corrected chi connectivity index (χ2v) is 13.4. The molecule has 0 aliphatic carbocycles. The lowest BCUT2D eigenvalue weighted by molar-refractivity contribution is -0.137. The lowest BCUT2D eigenvalue weighted by Crippen LogP contribution is -2.55. The van der Waals surface area contributed by atoms with E-state index in [1.54, 1.807) is 58.9 Å². The summed E-state index contributed by atoms with van der Waals surface area (Å²) in [6.45, 7) is 8.52. The summed E-state index contributed by atoms with van der Waals surface area (Å²) < 4.78 is 72.5. The standard InChI is InChI=1S/C26H34ClF3NO6PS/c1-17(37-38(33,34-6)35-7)25(5,31-23(32)36-24(2,3)4)14-13-18-11-12-21(16-22(18)27)39-20-10-8-9-19(15-20)26(28,29)30/h8-12,15-17H,13-14H2,1-7H3,(H,31,32)/t17-,25-/m0/s1. The Kier molecular flexibility index (Phi) is 11.4. The molecule has 0 saturated carbocycles. The minimum Gasteiger partial charge on any atom is -0.444 e. The molecule has 2 aromatic carbocycles. The van der Waals surface area contributed by atoms with Crippen molar-refractivity contribution in [2.45, 2.75) is 80.7 Å². The maximum absolute atomic E-state index is 13.1. The van der Waals surface area contributed by atoms with Gasteiger partial charge < -0.3 is 10.1 Å². The Balaban J connectivity index is 2.23. The van der Waals surface area contributed by atoms with Crippen LogP contribution in [0.5, 0.6) is 0 Å². The fraction of sp³-hybridized carbons (Fsp3) is 0.500. The van der Waals surface area contributed by atoms with Crippen LogP contribution in [0, 0.1) is 0 Å². The normalized spacial score (nSPS) is 14.9. The molecule has 2 aromatic rings. The lowest BCUT2D eigenvalue weighted by Gasteiger charge is -2.37. The summed E-state index contributed by atoms with van der Waals surface area (Å²) in [7, 11) is -1.49. The first-order chi connectivity index (χ1) is 17.9. The molecule has 218 valence electrons. The minimum absolute atomic E-state index is 0.292. The van der Waals surface area contributed by atoms with Crippen LogP contribution in [0.3, 0.4) is 0 Å². The van der Waals surface area contributed by atoms with E-state index < -0.39 is 42.9 Å². The van der Waals surface area contributed by atoms with E-state index in [1.807, 2.05) is 0 Å². The molecule has 0 aliphatic rings. The number of hydrogen-bond donors (Lipinski definition) is 1. The third-order valence-corrected chi connectivity index (χ3v) is 8.55. The molecule has 0 bridgehead atoms. The highest BCUT2D eigenvalue weighted by atomic mass is 35.5. The van der Waals surface area contributed by atoms with Gasteiger partial charge in [0, 0.05) is 29.0 Å². The van der Waals surface area contributed by atoms with Crippen LogP contribution in [0.1, 0.15) is 52.2 Å². The summed E-state index contributed by atoms with van der Waals surface area (Å²) in [5.41, 5.74) is -1.84. The summed E-state index contributed by atoms with van der Waals surface area (Å²) in [6.07, 6.45) is -5.30. The highest BCUT2D eigenvalue weighted by Gasteiger charge is 2.40. The van der Waals surface area contributed by atoms with Gasteiger partial charge in [0.25, 0.3) is 0 Å². The Labute approximate surface area is 236 Å². The molecule has 0 aromatic heterocycles. The van der Waals surface area contributed by atoms with Crippen LogP contribution in [-0.4, -0.2) is 37.6 Å². The van der Waals surface area contributed by atoms with Gasteiger partial charge in [-0.15, -0.1) is 0 Å². The average molecular weight is 612 g/mol. The van der Waals surface area contributed by atoms with Gasteiger partial charge >= 0.3 is 20.1 Å². The molecule has 1 N–H and O–H groups in total. The van der Waals surface area contributed by atoms with Gasteiger partial charge in [0.1, 0.15) is 5.60 Å². The van der Waals surface area contributed by atoms with Gasteiger partial charge in [0.15, 0.2) is 0 Å². The first kappa shape index (κ1) is 33.5. The molecular formula is C26H34ClF3NO6PS. The number of nitrogens with one attached hydrogen (secondary N) is 1. The van der Waals surface area contributed by atoms with Crippen molar-refractivity contribution in [3.05, 3.63) is 58.6 Å². The number of alkyl carbamates (subject to hydrolysis) is 1. The topological polar surface area (TPSA) is 83.1 Å². The quantitative estimate of drug-likeness (QED) is 0.255. The van der Waals surface area contributed by atoms with Crippen molar-refractivity contribution >= 4 is 37.3 Å². The lowest BCUT2D eigenvalue weighted by atomic mass is 9.88. The number of carbonyl (C=O) groups excluding carboxylic acids is 1. The van der Waals surface area contributed by atoms with Gasteiger partial charge in [-0.3, -0.25) is 13.6 Å². The zero-order chi connectivity index (χ0) is 29.6. The van der Waals surface area contributed by atoms with Crippen LogP contribution in [0.2, 0.25) is 5.02 Å². The van der Waals surface area contributed by atoms with Crippen LogP contribution in [0.25, 0.3) is 0 Å². The molecule has 0 heterocycles. The first-order valence-corrected chi connectivity index (χ1v) is 14.6. The molecule has 2 atom stereocenters. The predicted molar refractivity (Wildman–Crippen MR) is 145 cm³/mol. The number of benzene rings is 2. The van der Waals surface area contributed by atoms with Crippen molar-refractivity contribution in [3.8, 4) is 0 Å². The molecule has 0 saturated heterocycles. The average Bonchev–Trinajstić information content (AvgIpc) is 2.81. The van der Waals surface area contributed by atoms with Crippen LogP contribution in [0.4, 0.5) is 18.0 Å². The SMILES string of the molecule is COP(=O)(OC)O[C@@H](C)[C@](C)(CCc1ccc(Sc2cccc(C(F)(F)F)c2)cc1Cl)NC(=O)OC(C)(C)C. The van der Waals surface area contributed by atoms with Gasteiger partial charge in [-0.2, -0.15) is 13.2 Å². The zero-order valence-electron chi connectivity index (χ0n) is 22.8. The van der Waals surface area contributed by atoms with Gasteiger partial charge in [0.2, 0.25) is 0 Å². The fourth-order valence-electron chi connectivity index (χ4n) is 3.44. The molecule has 0 fully saturated rings. The number of phosphoric ester groups is 1. The Morgan fingerprint density at radius 1 is 1.05 bits per heavy atom. The van der Waals surface area contributed by atoms with Crippen LogP contribution in [0.15, 0.2) is 52.3 Å². The van der Waals surface area contributed by atoms with E-state index in [1.165, 1.54) is 20.3 Å². The van der Waals surface area contributed by atoms with Crippen LogP contribution >= 0.6 is 31.2 Å². The number of rotatable bonds is 11. The van der Waals surface area contributed by atoms with Crippen molar-refractivity contribution in [2.24, 2.45) is 0 Å². The Morgan fingerprint density at radius 2 is 1.67 bits per heavy atom. The number of phosphoric acid groups is 1. The van der Waals surface area contributed by atoms with Gasteiger partial charge in [-0.25, -0.2) is 9.36 Å². The number of ether oxygens (including phenoxy) is 1. The molecule has 13 heteroatoms. The summed E-state index contributed by atoms with van der Waals surface area (Å²) in [5, 5.41) is 3.22. The van der Waals surface area contributed by atoms with Crippen molar-refractivity contribution in [1.29, 1.82) is 0 Å². The van der Waals surface area contributed by atoms with Gasteiger partial charge in [-0.1, -0.05) is 35.5 Å². The van der Waals surface area contributed by atoms with E-state index in [2.05, 4.69) is 5.32 Å². The number of alkyl halides is 3. The van der Waals surface area contributed by atoms with Crippen LogP contribution < -0.4 is 5.32 Å². The summed E-state index contributed by atoms with van der Waals surface area (Å²) in [6, 6.07) is 10.3. The van der Waals surface area contributed by atoms with Crippen molar-refractivity contribution in [2.75, 3.05) is 14.2 Å². The molecular weight excluding hydrogens is 578 g/mol. The van der Waals surface area contributed by atoms with Crippen molar-refractivity contribution in [1.82, 2.24) is 5.32 Å². The third-order valence-electron chi connectivity index (χ3n) is 5.75. The summed E-state index contributed by atoms with van der Waals surface area (Å²) in [4.78, 5) is 13.7. The minimum atomic E-state index is -4.43. The smallest absolute Gasteiger partial charge is 0.444 e. The van der Waals surface area contributed by atoms with Crippen molar-refractivity contribution in [3.63, 3.8) is 0 Å². The molecule has 0 unspecified atom stereocenters. The van der Waals surface area contributed by atoms with Crippen molar-refractivity contribution < 1.29 is 40.8 Å². The number of carbonyl (C=O) groups is 1. The van der Waals surface area contributed by atoms with E-state index in [9.17, 15) is 22.5 Å². The van der Waals surface area contributed by atoms with E-state index in [0.717, 1.165) is 29.5 Å². The molecule has 7 nitrogen and oxygen atoms in total. The molecule has 0 spiro atoms. The number of amides is 1. The Hall–Kier alpha value is -1.75. The van der Waals surface area contributed by atoms with Gasteiger partial charge in [0.05, 0.1) is 17.2 Å². The second-order valence-electron chi connectivity index (χ2n) is 9.99. The molecule has 39 heavy (non-hydrogen) atoms. The molecule has 0 radical (unpaired) electrons. The van der Waals surface area contributed by atoms with E-state index in [4.69, 9.17) is 29.9 Å². The van der Waals surface area contributed by atoms with Crippen LogP contribution in [-0.2, 0) is 35.5 Å². The highest BCUT2D eigenvalue weighted by molar-refractivity contribution is 7.99. The largest absolute Gasteiger partial charge is 0.474 e. The maximum Gasteiger partial charge on any atom is 0.474 e. The molecule has 2 rings (SSSR count). The van der Waals surface area contributed by atoms with E-state index in [0.29, 0.717) is 27.7 Å². The first-order valence-electron chi connectivity index (χ1n) is 11.9. The third kappa shape index (κ3) is 10.3. The highest BCUT2D eigenvalue weighted by Crippen LogP contribution is 2.50. The number of hydrogen-bond acceptors (Lipinski definition) is 7. The zero-order valence-corrected chi connectivity index (χ0v) is 25.3. The maximum atomic E-state index is 13.1. The molecule has 0 aliphatic heterocycles. The predicted octanol–water partition coefficient (Wildman–Crippen LogP) is 8.53. The number of halogens is 4. The number of aryl methyl sites for hydroxylation is 1. The Morgan fingerprint density at radius 3 is 2.21 bits per heavy atom. The summed E-state index contributed by atoms with van der Waals surface area (Å²) >= 11 is 7.69.